The molecule has 0 aliphatic carbocycles. The second-order valence-electron chi connectivity index (χ2n) is 7.57. The van der Waals surface area contributed by atoms with Crippen molar-refractivity contribution in [2.45, 2.75) is 31.0 Å². The number of halogens is 1. The lowest BCUT2D eigenvalue weighted by Gasteiger charge is -2.34. The first-order valence-corrected chi connectivity index (χ1v) is 12.8. The Morgan fingerprint density at radius 1 is 1.19 bits per heavy atom. The van der Waals surface area contributed by atoms with Gasteiger partial charge in [-0.25, -0.2) is 13.4 Å². The molecular formula is C22H23ClN4O3S2. The van der Waals surface area contributed by atoms with E-state index in [-0.39, 0.29) is 17.1 Å². The normalized spacial score (nSPS) is 20.0. The Hall–Kier alpha value is -2.30. The van der Waals surface area contributed by atoms with Crippen molar-refractivity contribution in [3.63, 3.8) is 0 Å². The lowest BCUT2D eigenvalue weighted by Crippen LogP contribution is -2.48. The van der Waals surface area contributed by atoms with Crippen molar-refractivity contribution in [3.8, 4) is 11.3 Å². The fourth-order valence-corrected chi connectivity index (χ4v) is 6.00. The van der Waals surface area contributed by atoms with Gasteiger partial charge in [0, 0.05) is 29.1 Å². The molecule has 0 amide bonds. The van der Waals surface area contributed by atoms with E-state index in [1.54, 1.807) is 30.5 Å². The van der Waals surface area contributed by atoms with Crippen molar-refractivity contribution in [2.24, 2.45) is 5.10 Å². The van der Waals surface area contributed by atoms with Gasteiger partial charge in [0.2, 0.25) is 15.2 Å². The number of hydrazone groups is 1. The third-order valence-corrected chi connectivity index (χ3v) is 7.69. The van der Waals surface area contributed by atoms with Gasteiger partial charge in [-0.2, -0.15) is 9.41 Å². The summed E-state index contributed by atoms with van der Waals surface area (Å²) in [6.07, 6.45) is 1.37. The zero-order valence-corrected chi connectivity index (χ0v) is 20.0. The third-order valence-electron chi connectivity index (χ3n) is 4.88. The summed E-state index contributed by atoms with van der Waals surface area (Å²) in [6.45, 7) is 4.44. The summed E-state index contributed by atoms with van der Waals surface area (Å²) in [5.74, 6) is 0. The van der Waals surface area contributed by atoms with E-state index in [0.29, 0.717) is 28.9 Å². The Bertz CT molecular complexity index is 1220. The van der Waals surface area contributed by atoms with E-state index < -0.39 is 10.0 Å². The van der Waals surface area contributed by atoms with Crippen LogP contribution in [0.15, 0.2) is 63.9 Å². The highest BCUT2D eigenvalue weighted by molar-refractivity contribution is 7.89. The van der Waals surface area contributed by atoms with Gasteiger partial charge in [0.1, 0.15) is 0 Å². The Kier molecular flexibility index (Phi) is 6.92. The predicted molar refractivity (Wildman–Crippen MR) is 129 cm³/mol. The molecule has 7 nitrogen and oxygen atoms in total. The molecule has 0 radical (unpaired) electrons. The minimum atomic E-state index is -3.62. The van der Waals surface area contributed by atoms with Crippen LogP contribution in [0.1, 0.15) is 19.4 Å². The van der Waals surface area contributed by atoms with E-state index in [0.717, 1.165) is 11.1 Å². The number of aromatic nitrogens is 1. The molecule has 2 atom stereocenters. The molecule has 3 aromatic rings. The molecule has 0 bridgehead atoms. The smallest absolute Gasteiger partial charge is 0.243 e. The number of thiazole rings is 1. The van der Waals surface area contributed by atoms with Gasteiger partial charge in [0.15, 0.2) is 0 Å². The number of morpholine rings is 1. The molecule has 2 aromatic carbocycles. The van der Waals surface area contributed by atoms with Crippen molar-refractivity contribution >= 4 is 44.3 Å². The number of benzene rings is 2. The van der Waals surface area contributed by atoms with Gasteiger partial charge in [-0.05, 0) is 43.7 Å². The summed E-state index contributed by atoms with van der Waals surface area (Å²) < 4.78 is 33.5. The van der Waals surface area contributed by atoms with E-state index in [1.807, 2.05) is 43.5 Å². The van der Waals surface area contributed by atoms with Crippen LogP contribution in [0.25, 0.3) is 11.3 Å². The van der Waals surface area contributed by atoms with Gasteiger partial charge < -0.3 is 4.74 Å². The number of nitrogens with one attached hydrogen (secondary N) is 1. The van der Waals surface area contributed by atoms with Crippen LogP contribution in [0.3, 0.4) is 0 Å². The van der Waals surface area contributed by atoms with E-state index in [2.05, 4.69) is 15.5 Å². The molecule has 168 valence electrons. The van der Waals surface area contributed by atoms with Crippen molar-refractivity contribution < 1.29 is 13.2 Å². The molecule has 1 saturated heterocycles. The summed E-state index contributed by atoms with van der Waals surface area (Å²) >= 11 is 7.36. The lowest BCUT2D eigenvalue weighted by atomic mass is 10.2. The number of ether oxygens (including phenoxy) is 1. The highest BCUT2D eigenvalue weighted by Gasteiger charge is 2.32. The number of sulfonamides is 1. The molecule has 0 saturated carbocycles. The maximum Gasteiger partial charge on any atom is 0.243 e. The largest absolute Gasteiger partial charge is 0.373 e. The van der Waals surface area contributed by atoms with E-state index in [9.17, 15) is 8.42 Å². The first kappa shape index (κ1) is 22.9. The molecular weight excluding hydrogens is 468 g/mol. The van der Waals surface area contributed by atoms with Gasteiger partial charge in [-0.3, -0.25) is 5.43 Å². The zero-order valence-electron chi connectivity index (χ0n) is 17.6. The average Bonchev–Trinajstić information content (AvgIpc) is 3.22. The van der Waals surface area contributed by atoms with Crippen molar-refractivity contribution in [1.29, 1.82) is 0 Å². The summed E-state index contributed by atoms with van der Waals surface area (Å²) in [7, 11) is -3.62. The molecule has 1 aromatic heterocycles. The number of rotatable bonds is 6. The Balaban J connectivity index is 1.50. The van der Waals surface area contributed by atoms with Crippen LogP contribution in [0.5, 0.6) is 0 Å². The molecule has 1 N–H and O–H groups in total. The lowest BCUT2D eigenvalue weighted by molar-refractivity contribution is -0.0440. The fraction of sp³-hybridized carbons (Fsp3) is 0.273. The molecule has 4 rings (SSSR count). The standard InChI is InChI=1S/C22H23ClN4O3S2/c1-15-12-27(13-16(2)30-15)32(28,29)20-8-4-6-18(10-20)21-14-31-22(25-21)26-24-11-17-5-3-7-19(23)9-17/h3-11,14-16H,12-13H2,1-2H3,(H,25,26)/b24-11+. The minimum Gasteiger partial charge on any atom is -0.373 e. The summed E-state index contributed by atoms with van der Waals surface area (Å²) in [4.78, 5) is 4.78. The van der Waals surface area contributed by atoms with Gasteiger partial charge in [0.25, 0.3) is 0 Å². The number of hydrogen-bond donors (Lipinski definition) is 1. The fourth-order valence-electron chi connectivity index (χ4n) is 3.50. The van der Waals surface area contributed by atoms with Gasteiger partial charge in [-0.1, -0.05) is 35.9 Å². The van der Waals surface area contributed by atoms with E-state index >= 15 is 0 Å². The second-order valence-corrected chi connectivity index (χ2v) is 10.8. The highest BCUT2D eigenvalue weighted by atomic mass is 35.5. The second kappa shape index (κ2) is 9.68. The van der Waals surface area contributed by atoms with Crippen LogP contribution in [0.2, 0.25) is 5.02 Å². The molecule has 2 unspecified atom stereocenters. The van der Waals surface area contributed by atoms with Crippen LogP contribution >= 0.6 is 22.9 Å². The van der Waals surface area contributed by atoms with E-state index in [1.165, 1.54) is 15.6 Å². The summed E-state index contributed by atoms with van der Waals surface area (Å²) in [5, 5.41) is 7.29. The van der Waals surface area contributed by atoms with Crippen molar-refractivity contribution in [3.05, 3.63) is 64.5 Å². The Morgan fingerprint density at radius 3 is 2.69 bits per heavy atom. The van der Waals surface area contributed by atoms with Crippen LogP contribution in [-0.4, -0.2) is 49.2 Å². The number of hydrogen-bond acceptors (Lipinski definition) is 7. The molecule has 1 aliphatic rings. The zero-order chi connectivity index (χ0) is 22.7. The van der Waals surface area contributed by atoms with Crippen LogP contribution in [0, 0.1) is 0 Å². The molecule has 1 fully saturated rings. The third kappa shape index (κ3) is 5.36. The Labute approximate surface area is 196 Å². The topological polar surface area (TPSA) is 83.9 Å². The SMILES string of the molecule is CC1CN(S(=O)(=O)c2cccc(-c3csc(N/N=C/c4cccc(Cl)c4)n3)c2)CC(C)O1. The van der Waals surface area contributed by atoms with Crippen LogP contribution in [0.4, 0.5) is 5.13 Å². The molecule has 0 spiro atoms. The van der Waals surface area contributed by atoms with Crippen molar-refractivity contribution in [2.75, 3.05) is 18.5 Å². The summed E-state index contributed by atoms with van der Waals surface area (Å²) in [6, 6.07) is 14.2. The Morgan fingerprint density at radius 2 is 1.94 bits per heavy atom. The number of anilines is 1. The summed E-state index contributed by atoms with van der Waals surface area (Å²) in [5.41, 5.74) is 5.17. The monoisotopic (exact) mass is 490 g/mol. The number of nitrogens with zero attached hydrogens (tertiary/aromatic N) is 3. The predicted octanol–water partition coefficient (Wildman–Crippen LogP) is 4.71. The maximum absolute atomic E-state index is 13.2. The maximum atomic E-state index is 13.2. The first-order valence-electron chi connectivity index (χ1n) is 10.1. The molecule has 2 heterocycles. The van der Waals surface area contributed by atoms with Crippen LogP contribution in [-0.2, 0) is 14.8 Å². The highest BCUT2D eigenvalue weighted by Crippen LogP contribution is 2.28. The quantitative estimate of drug-likeness (QED) is 0.399. The van der Waals surface area contributed by atoms with Crippen molar-refractivity contribution in [1.82, 2.24) is 9.29 Å². The first-order chi connectivity index (χ1) is 15.3. The van der Waals surface area contributed by atoms with Crippen LogP contribution < -0.4 is 5.43 Å². The minimum absolute atomic E-state index is 0.142. The average molecular weight is 491 g/mol. The van der Waals surface area contributed by atoms with Gasteiger partial charge in [-0.15, -0.1) is 11.3 Å². The molecule has 1 aliphatic heterocycles. The van der Waals surface area contributed by atoms with Gasteiger partial charge in [0.05, 0.1) is 29.0 Å². The molecule has 32 heavy (non-hydrogen) atoms. The van der Waals surface area contributed by atoms with Gasteiger partial charge >= 0.3 is 0 Å². The van der Waals surface area contributed by atoms with E-state index in [4.69, 9.17) is 16.3 Å². The molecule has 10 heteroatoms.